The molecule has 1 fully saturated rings. The average molecular weight is 308 g/mol. The number of piperidine rings is 1. The van der Waals surface area contributed by atoms with Crippen molar-refractivity contribution in [1.29, 1.82) is 5.26 Å². The van der Waals surface area contributed by atoms with Crippen molar-refractivity contribution in [3.63, 3.8) is 0 Å². The molecule has 1 heterocycles. The normalized spacial score (nSPS) is 23.8. The zero-order chi connectivity index (χ0) is 13.1. The second kappa shape index (κ2) is 5.73. The molecule has 2 unspecified atom stereocenters. The van der Waals surface area contributed by atoms with Crippen LogP contribution in [0.5, 0.6) is 0 Å². The van der Waals surface area contributed by atoms with E-state index in [4.69, 9.17) is 5.73 Å². The first-order valence-electron chi connectivity index (χ1n) is 6.32. The maximum absolute atomic E-state index is 9.23. The van der Waals surface area contributed by atoms with E-state index in [0.29, 0.717) is 12.0 Å². The minimum Gasteiger partial charge on any atom is -0.367 e. The average Bonchev–Trinajstić information content (AvgIpc) is 2.39. The second-order valence-electron chi connectivity index (χ2n) is 4.95. The maximum Gasteiger partial charge on any atom is 0.101 e. The van der Waals surface area contributed by atoms with Gasteiger partial charge in [-0.25, -0.2) is 0 Å². The molecule has 0 aliphatic carbocycles. The van der Waals surface area contributed by atoms with E-state index in [1.165, 1.54) is 6.42 Å². The quantitative estimate of drug-likeness (QED) is 0.914. The first-order valence-corrected chi connectivity index (χ1v) is 7.11. The van der Waals surface area contributed by atoms with Gasteiger partial charge in [0.1, 0.15) is 6.07 Å². The minimum atomic E-state index is 0.467. The van der Waals surface area contributed by atoms with Gasteiger partial charge in [-0.1, -0.05) is 15.9 Å². The van der Waals surface area contributed by atoms with E-state index in [0.717, 1.165) is 35.2 Å². The Balaban J connectivity index is 2.34. The first kappa shape index (κ1) is 13.4. The Hall–Kier alpha value is -1.05. The van der Waals surface area contributed by atoms with Crippen molar-refractivity contribution in [2.24, 2.45) is 11.7 Å². The largest absolute Gasteiger partial charge is 0.367 e. The van der Waals surface area contributed by atoms with Crippen LogP contribution in [0.25, 0.3) is 0 Å². The highest BCUT2D eigenvalue weighted by Gasteiger charge is 2.26. The third-order valence-corrected chi connectivity index (χ3v) is 4.20. The number of nitrogens with zero attached hydrogens (tertiary/aromatic N) is 2. The van der Waals surface area contributed by atoms with Gasteiger partial charge in [-0.15, -0.1) is 0 Å². The van der Waals surface area contributed by atoms with Crippen LogP contribution in [-0.4, -0.2) is 19.1 Å². The topological polar surface area (TPSA) is 53.0 Å². The molecule has 0 amide bonds. The molecule has 0 spiro atoms. The summed E-state index contributed by atoms with van der Waals surface area (Å²) < 4.78 is 1.01. The van der Waals surface area contributed by atoms with Crippen LogP contribution in [0.3, 0.4) is 0 Å². The molecular formula is C14H18BrN3. The van der Waals surface area contributed by atoms with Crippen LogP contribution in [0.4, 0.5) is 5.69 Å². The first-order chi connectivity index (χ1) is 8.65. The standard InChI is InChI=1S/C14H18BrN3/c1-10-2-3-11(7-16)9-18(10)14-6-13(15)5-4-12(14)8-17/h4-6,10-11H,2-3,7,9,16H2,1H3. The molecule has 1 aromatic rings. The molecule has 4 heteroatoms. The molecule has 1 saturated heterocycles. The van der Waals surface area contributed by atoms with Crippen molar-refractivity contribution in [1.82, 2.24) is 0 Å². The van der Waals surface area contributed by atoms with Gasteiger partial charge in [0.2, 0.25) is 0 Å². The molecule has 0 bridgehead atoms. The van der Waals surface area contributed by atoms with E-state index in [1.807, 2.05) is 18.2 Å². The molecule has 2 atom stereocenters. The Bertz CT molecular complexity index is 467. The molecule has 1 aliphatic heterocycles. The van der Waals surface area contributed by atoms with E-state index in [1.54, 1.807) is 0 Å². The fraction of sp³-hybridized carbons (Fsp3) is 0.500. The Morgan fingerprint density at radius 3 is 2.94 bits per heavy atom. The molecule has 18 heavy (non-hydrogen) atoms. The van der Waals surface area contributed by atoms with Crippen molar-refractivity contribution in [2.75, 3.05) is 18.0 Å². The van der Waals surface area contributed by atoms with Gasteiger partial charge in [-0.2, -0.15) is 5.26 Å². The fourth-order valence-electron chi connectivity index (χ4n) is 2.55. The monoisotopic (exact) mass is 307 g/mol. The van der Waals surface area contributed by atoms with Crippen LogP contribution in [0.1, 0.15) is 25.3 Å². The number of halogens is 1. The van der Waals surface area contributed by atoms with E-state index in [-0.39, 0.29) is 0 Å². The summed E-state index contributed by atoms with van der Waals surface area (Å²) in [4.78, 5) is 2.32. The second-order valence-corrected chi connectivity index (χ2v) is 5.87. The van der Waals surface area contributed by atoms with Gasteiger partial charge in [0, 0.05) is 17.1 Å². The van der Waals surface area contributed by atoms with Crippen LogP contribution in [0.15, 0.2) is 22.7 Å². The highest BCUT2D eigenvalue weighted by Crippen LogP contribution is 2.31. The minimum absolute atomic E-state index is 0.467. The van der Waals surface area contributed by atoms with Gasteiger partial charge < -0.3 is 10.6 Å². The third-order valence-electron chi connectivity index (χ3n) is 3.70. The molecule has 0 saturated carbocycles. The van der Waals surface area contributed by atoms with Gasteiger partial charge in [0.05, 0.1) is 11.3 Å². The number of anilines is 1. The predicted molar refractivity (Wildman–Crippen MR) is 77.4 cm³/mol. The van der Waals surface area contributed by atoms with E-state index < -0.39 is 0 Å². The molecule has 0 aromatic heterocycles. The SMILES string of the molecule is CC1CCC(CN)CN1c1cc(Br)ccc1C#N. The van der Waals surface area contributed by atoms with E-state index in [9.17, 15) is 5.26 Å². The highest BCUT2D eigenvalue weighted by molar-refractivity contribution is 9.10. The maximum atomic E-state index is 9.23. The molecule has 2 N–H and O–H groups in total. The molecule has 0 radical (unpaired) electrons. The van der Waals surface area contributed by atoms with E-state index in [2.05, 4.69) is 33.8 Å². The zero-order valence-electron chi connectivity index (χ0n) is 10.6. The molecule has 1 aromatic carbocycles. The Morgan fingerprint density at radius 2 is 2.28 bits per heavy atom. The third kappa shape index (κ3) is 2.68. The zero-order valence-corrected chi connectivity index (χ0v) is 12.2. The van der Waals surface area contributed by atoms with Gasteiger partial charge in [-0.3, -0.25) is 0 Å². The highest BCUT2D eigenvalue weighted by atomic mass is 79.9. The van der Waals surface area contributed by atoms with Crippen molar-refractivity contribution in [2.45, 2.75) is 25.8 Å². The summed E-state index contributed by atoms with van der Waals surface area (Å²) in [5.41, 5.74) is 7.55. The summed E-state index contributed by atoms with van der Waals surface area (Å²) in [6.07, 6.45) is 2.32. The molecule has 1 aliphatic rings. The van der Waals surface area contributed by atoms with Gasteiger partial charge in [-0.05, 0) is 50.4 Å². The van der Waals surface area contributed by atoms with Crippen LogP contribution in [-0.2, 0) is 0 Å². The predicted octanol–water partition coefficient (Wildman–Crippen LogP) is 2.88. The van der Waals surface area contributed by atoms with Gasteiger partial charge in [0.15, 0.2) is 0 Å². The number of nitrogens with two attached hydrogens (primary N) is 1. The number of rotatable bonds is 2. The molecule has 2 rings (SSSR count). The summed E-state index contributed by atoms with van der Waals surface area (Å²) in [5, 5.41) is 9.23. The van der Waals surface area contributed by atoms with Crippen molar-refractivity contribution >= 4 is 21.6 Å². The number of hydrogen-bond donors (Lipinski definition) is 1. The van der Waals surface area contributed by atoms with Crippen LogP contribution < -0.4 is 10.6 Å². The lowest BCUT2D eigenvalue weighted by molar-refractivity contribution is 0.374. The Morgan fingerprint density at radius 1 is 1.50 bits per heavy atom. The molecule has 96 valence electrons. The summed E-state index contributed by atoms with van der Waals surface area (Å²) in [6, 6.07) is 8.57. The lowest BCUT2D eigenvalue weighted by Gasteiger charge is -2.39. The summed E-state index contributed by atoms with van der Waals surface area (Å²) in [5.74, 6) is 0.534. The fourth-order valence-corrected chi connectivity index (χ4v) is 2.90. The van der Waals surface area contributed by atoms with E-state index >= 15 is 0 Å². The summed E-state index contributed by atoms with van der Waals surface area (Å²) in [7, 11) is 0. The Kier molecular flexibility index (Phi) is 4.26. The van der Waals surface area contributed by atoms with Crippen LogP contribution in [0, 0.1) is 17.2 Å². The number of benzene rings is 1. The van der Waals surface area contributed by atoms with Crippen LogP contribution >= 0.6 is 15.9 Å². The number of hydrogen-bond acceptors (Lipinski definition) is 3. The smallest absolute Gasteiger partial charge is 0.101 e. The summed E-state index contributed by atoms with van der Waals surface area (Å²) >= 11 is 3.48. The lowest BCUT2D eigenvalue weighted by Crippen LogP contribution is -2.44. The van der Waals surface area contributed by atoms with Crippen LogP contribution in [0.2, 0.25) is 0 Å². The van der Waals surface area contributed by atoms with Crippen molar-refractivity contribution in [3.8, 4) is 6.07 Å². The number of nitriles is 1. The Labute approximate surface area is 117 Å². The lowest BCUT2D eigenvalue weighted by atomic mass is 9.92. The van der Waals surface area contributed by atoms with Crippen molar-refractivity contribution in [3.05, 3.63) is 28.2 Å². The molecule has 3 nitrogen and oxygen atoms in total. The van der Waals surface area contributed by atoms with Gasteiger partial charge >= 0.3 is 0 Å². The summed E-state index contributed by atoms with van der Waals surface area (Å²) in [6.45, 7) is 3.89. The van der Waals surface area contributed by atoms with Crippen molar-refractivity contribution < 1.29 is 0 Å². The van der Waals surface area contributed by atoms with Gasteiger partial charge in [0.25, 0.3) is 0 Å². The molecular weight excluding hydrogens is 290 g/mol.